The summed E-state index contributed by atoms with van der Waals surface area (Å²) in [5.41, 5.74) is 14.2. The highest BCUT2D eigenvalue weighted by Crippen LogP contribution is 2.37. The fourth-order valence-electron chi connectivity index (χ4n) is 2.98. The lowest BCUT2D eigenvalue weighted by molar-refractivity contribution is 0.350. The second-order valence-corrected chi connectivity index (χ2v) is 7.63. The van der Waals surface area contributed by atoms with Gasteiger partial charge in [0.2, 0.25) is 0 Å². The number of nitrogens with zero attached hydrogens (tertiary/aromatic N) is 6. The Kier molecular flexibility index (Phi) is 6.24. The lowest BCUT2D eigenvalue weighted by Crippen LogP contribution is -2.31. The van der Waals surface area contributed by atoms with Crippen LogP contribution in [0.1, 0.15) is 43.5 Å². The van der Waals surface area contributed by atoms with Crippen LogP contribution in [0.15, 0.2) is 58.8 Å². The van der Waals surface area contributed by atoms with Gasteiger partial charge in [0, 0.05) is 30.4 Å². The highest BCUT2D eigenvalue weighted by molar-refractivity contribution is 6.09. The number of aromatic nitrogens is 5. The van der Waals surface area contributed by atoms with Crippen LogP contribution in [-0.4, -0.2) is 31.3 Å². The van der Waals surface area contributed by atoms with Gasteiger partial charge < -0.3 is 16.0 Å². The smallest absolute Gasteiger partial charge is 0.278 e. The number of hydrogen-bond donors (Lipinski definition) is 2. The van der Waals surface area contributed by atoms with E-state index in [4.69, 9.17) is 16.0 Å². The molecule has 0 saturated carbocycles. The largest absolute Gasteiger partial charge is 0.404 e. The van der Waals surface area contributed by atoms with E-state index in [0.29, 0.717) is 28.7 Å². The van der Waals surface area contributed by atoms with E-state index >= 15 is 0 Å². The summed E-state index contributed by atoms with van der Waals surface area (Å²) in [6.07, 6.45) is 8.01. The van der Waals surface area contributed by atoms with Crippen LogP contribution in [0.2, 0.25) is 0 Å². The number of pyridine rings is 1. The van der Waals surface area contributed by atoms with Crippen molar-refractivity contribution in [3.63, 3.8) is 0 Å². The molecule has 0 aromatic carbocycles. The summed E-state index contributed by atoms with van der Waals surface area (Å²) in [6.45, 7) is 11.7. The summed E-state index contributed by atoms with van der Waals surface area (Å²) in [4.78, 5) is 21.7. The molecule has 4 N–H and O–H groups in total. The fraction of sp³-hybridized carbons (Fsp3) is 0.273. The van der Waals surface area contributed by atoms with Crippen molar-refractivity contribution in [3.05, 3.63) is 72.1 Å². The van der Waals surface area contributed by atoms with Crippen molar-refractivity contribution >= 4 is 11.8 Å². The van der Waals surface area contributed by atoms with Crippen LogP contribution in [0, 0.1) is 12.8 Å². The Bertz CT molecular complexity index is 1110. The monoisotopic (exact) mass is 418 g/mol. The molecule has 0 aliphatic carbocycles. The number of aryl methyl sites for hydroxylation is 1. The lowest BCUT2D eigenvalue weighted by atomic mass is 9.73. The van der Waals surface area contributed by atoms with Crippen molar-refractivity contribution in [2.75, 3.05) is 0 Å². The average molecular weight is 419 g/mol. The molecule has 3 rings (SSSR count). The van der Waals surface area contributed by atoms with E-state index in [1.54, 1.807) is 18.6 Å². The molecule has 3 aromatic rings. The molecule has 9 nitrogen and oxygen atoms in total. The molecule has 3 heterocycles. The van der Waals surface area contributed by atoms with E-state index in [2.05, 4.69) is 57.4 Å². The summed E-state index contributed by atoms with van der Waals surface area (Å²) < 4.78 is 5.49. The van der Waals surface area contributed by atoms with Crippen LogP contribution >= 0.6 is 0 Å². The average Bonchev–Trinajstić information content (AvgIpc) is 3.25. The van der Waals surface area contributed by atoms with Gasteiger partial charge in [-0.05, 0) is 31.4 Å². The Hall–Kier alpha value is -3.88. The zero-order valence-corrected chi connectivity index (χ0v) is 18.1. The molecule has 31 heavy (non-hydrogen) atoms. The Morgan fingerprint density at radius 3 is 2.52 bits per heavy atom. The first kappa shape index (κ1) is 21.8. The third-order valence-corrected chi connectivity index (χ3v) is 5.25. The molecule has 0 aliphatic rings. The van der Waals surface area contributed by atoms with Crippen molar-refractivity contribution in [1.82, 2.24) is 25.1 Å². The summed E-state index contributed by atoms with van der Waals surface area (Å²) in [7, 11) is 0. The molecule has 9 heteroatoms. The highest BCUT2D eigenvalue weighted by Gasteiger charge is 2.38. The van der Waals surface area contributed by atoms with Gasteiger partial charge in [0.05, 0.1) is 23.0 Å². The second-order valence-electron chi connectivity index (χ2n) is 7.63. The summed E-state index contributed by atoms with van der Waals surface area (Å²) in [5, 5.41) is 4.25. The molecule has 1 atom stereocenters. The predicted molar refractivity (Wildman–Crippen MR) is 120 cm³/mol. The third kappa shape index (κ3) is 4.50. The minimum Gasteiger partial charge on any atom is -0.404 e. The maximum Gasteiger partial charge on any atom is 0.278 e. The van der Waals surface area contributed by atoms with Crippen molar-refractivity contribution < 1.29 is 4.52 Å². The van der Waals surface area contributed by atoms with Gasteiger partial charge >= 0.3 is 0 Å². The molecule has 0 aliphatic heterocycles. The number of hydrogen-bond acceptors (Lipinski definition) is 9. The molecule has 0 fully saturated rings. The van der Waals surface area contributed by atoms with Gasteiger partial charge in [0.15, 0.2) is 5.82 Å². The molecule has 3 aromatic heterocycles. The van der Waals surface area contributed by atoms with Crippen LogP contribution in [0.5, 0.6) is 0 Å². The van der Waals surface area contributed by atoms with Gasteiger partial charge in [0.25, 0.3) is 5.89 Å². The summed E-state index contributed by atoms with van der Waals surface area (Å²) in [6, 6.07) is 3.84. The molecule has 0 unspecified atom stereocenters. The van der Waals surface area contributed by atoms with Crippen LogP contribution in [-0.2, 0) is 5.41 Å². The van der Waals surface area contributed by atoms with Crippen molar-refractivity contribution in [2.45, 2.75) is 33.1 Å². The van der Waals surface area contributed by atoms with Gasteiger partial charge in [-0.1, -0.05) is 31.6 Å². The molecule has 0 amide bonds. The second kappa shape index (κ2) is 8.86. The minimum atomic E-state index is -0.544. The Labute approximate surface area is 181 Å². The maximum absolute atomic E-state index is 5.71. The third-order valence-electron chi connectivity index (χ3n) is 5.25. The molecule has 0 spiro atoms. The summed E-state index contributed by atoms with van der Waals surface area (Å²) in [5.74, 6) is 1.21. The molecule has 0 radical (unpaired) electrons. The maximum atomic E-state index is 5.71. The van der Waals surface area contributed by atoms with E-state index in [-0.39, 0.29) is 11.7 Å². The standard InChI is InChI=1S/C22H26N8O/c1-13(2)22(5,21-29-20(31-30-21)19-12-25-14(3)9-27-19)17-6-7-18(28-11-17)16(8-23)10-26-15(4)24/h6-13H,4,23-24H2,1-3,5H3/b16-8+,26-10?/t22-/m0/s1. The van der Waals surface area contributed by atoms with Gasteiger partial charge in [-0.2, -0.15) is 4.98 Å². The van der Waals surface area contributed by atoms with Crippen LogP contribution in [0.25, 0.3) is 17.2 Å². The lowest BCUT2D eigenvalue weighted by Gasteiger charge is -2.30. The van der Waals surface area contributed by atoms with Crippen LogP contribution < -0.4 is 11.5 Å². The van der Waals surface area contributed by atoms with Crippen molar-refractivity contribution in [1.29, 1.82) is 0 Å². The van der Waals surface area contributed by atoms with Crippen molar-refractivity contribution in [3.8, 4) is 11.6 Å². The number of nitrogens with two attached hydrogens (primary N) is 2. The zero-order valence-electron chi connectivity index (χ0n) is 18.1. The SMILES string of the molecule is C=C(N)N=C/C(=C\N)c1ccc([C@@](C)(c2noc(-c3cnc(C)cn3)n2)C(C)C)cn1. The Balaban J connectivity index is 1.96. The normalized spacial score (nSPS) is 14.2. The summed E-state index contributed by atoms with van der Waals surface area (Å²) >= 11 is 0. The van der Waals surface area contributed by atoms with Gasteiger partial charge in [-0.3, -0.25) is 9.97 Å². The zero-order chi connectivity index (χ0) is 22.6. The molecular formula is C22H26N8O. The van der Waals surface area contributed by atoms with Gasteiger partial charge in [-0.25, -0.2) is 9.98 Å². The molecule has 0 bridgehead atoms. The van der Waals surface area contributed by atoms with E-state index in [9.17, 15) is 0 Å². The van der Waals surface area contributed by atoms with Gasteiger partial charge in [-0.15, -0.1) is 0 Å². The fourth-order valence-corrected chi connectivity index (χ4v) is 2.98. The first-order valence-corrected chi connectivity index (χ1v) is 9.76. The van der Waals surface area contributed by atoms with E-state index in [0.717, 1.165) is 11.3 Å². The Morgan fingerprint density at radius 2 is 1.97 bits per heavy atom. The van der Waals surface area contributed by atoms with E-state index in [1.165, 1.54) is 12.4 Å². The quantitative estimate of drug-likeness (QED) is 0.558. The predicted octanol–water partition coefficient (Wildman–Crippen LogP) is 2.99. The first-order chi connectivity index (χ1) is 14.8. The first-order valence-electron chi connectivity index (χ1n) is 9.76. The number of rotatable bonds is 7. The minimum absolute atomic E-state index is 0.154. The van der Waals surface area contributed by atoms with Gasteiger partial charge in [0.1, 0.15) is 11.5 Å². The Morgan fingerprint density at radius 1 is 1.19 bits per heavy atom. The van der Waals surface area contributed by atoms with E-state index in [1.807, 2.05) is 19.1 Å². The number of aliphatic imine (C=N–C) groups is 1. The highest BCUT2D eigenvalue weighted by atomic mass is 16.5. The van der Waals surface area contributed by atoms with Crippen molar-refractivity contribution in [2.24, 2.45) is 22.4 Å². The number of allylic oxidation sites excluding steroid dienone is 1. The molecular weight excluding hydrogens is 392 g/mol. The van der Waals surface area contributed by atoms with Crippen LogP contribution in [0.3, 0.4) is 0 Å². The van der Waals surface area contributed by atoms with E-state index < -0.39 is 5.41 Å². The van der Waals surface area contributed by atoms with Crippen LogP contribution in [0.4, 0.5) is 0 Å². The molecule has 0 saturated heterocycles. The molecule has 160 valence electrons. The topological polar surface area (TPSA) is 142 Å².